The Morgan fingerprint density at radius 2 is 1.91 bits per heavy atom. The van der Waals surface area contributed by atoms with Crippen molar-refractivity contribution in [2.75, 3.05) is 18.2 Å². The molecule has 3 aromatic carbocycles. The van der Waals surface area contributed by atoms with Gasteiger partial charge in [0.2, 0.25) is 5.91 Å². The molecule has 0 atom stereocenters. The highest BCUT2D eigenvalue weighted by molar-refractivity contribution is 7.99. The fourth-order valence-electron chi connectivity index (χ4n) is 3.06. The Bertz CT molecular complexity index is 1250. The third-order valence-corrected chi connectivity index (χ3v) is 5.72. The van der Waals surface area contributed by atoms with Gasteiger partial charge in [0.1, 0.15) is 11.6 Å². The lowest BCUT2D eigenvalue weighted by molar-refractivity contribution is -0.113. The molecule has 4 aromatic rings. The van der Waals surface area contributed by atoms with E-state index in [1.54, 1.807) is 25.3 Å². The molecule has 0 fully saturated rings. The normalized spacial score (nSPS) is 10.7. The van der Waals surface area contributed by atoms with E-state index in [2.05, 4.69) is 15.5 Å². The number of halogens is 2. The van der Waals surface area contributed by atoms with Gasteiger partial charge in [-0.15, -0.1) is 10.2 Å². The minimum absolute atomic E-state index is 0.0628. The lowest BCUT2D eigenvalue weighted by Crippen LogP contribution is -2.14. The number of carbonyl (C=O) groups excluding carboxylic acids is 1. The maximum atomic E-state index is 13.4. The van der Waals surface area contributed by atoms with Crippen LogP contribution < -0.4 is 10.1 Å². The molecule has 0 aliphatic heterocycles. The number of rotatable bonds is 7. The van der Waals surface area contributed by atoms with Gasteiger partial charge in [0.15, 0.2) is 11.0 Å². The van der Waals surface area contributed by atoms with E-state index in [0.29, 0.717) is 27.4 Å². The molecule has 0 unspecified atom stereocenters. The lowest BCUT2D eigenvalue weighted by atomic mass is 10.2. The molecule has 32 heavy (non-hydrogen) atoms. The number of methoxy groups -OCH3 is 1. The second-order valence-electron chi connectivity index (χ2n) is 6.67. The van der Waals surface area contributed by atoms with Gasteiger partial charge in [-0.1, -0.05) is 59.8 Å². The number of aromatic nitrogens is 3. The van der Waals surface area contributed by atoms with Crippen LogP contribution in [-0.2, 0) is 4.79 Å². The molecule has 6 nitrogen and oxygen atoms in total. The van der Waals surface area contributed by atoms with Crippen LogP contribution in [0.15, 0.2) is 78.0 Å². The van der Waals surface area contributed by atoms with Gasteiger partial charge in [0.25, 0.3) is 0 Å². The van der Waals surface area contributed by atoms with Crippen molar-refractivity contribution in [3.63, 3.8) is 0 Å². The Labute approximate surface area is 193 Å². The summed E-state index contributed by atoms with van der Waals surface area (Å²) in [5.41, 5.74) is 1.99. The highest BCUT2D eigenvalue weighted by Gasteiger charge is 2.18. The Morgan fingerprint density at radius 1 is 1.09 bits per heavy atom. The van der Waals surface area contributed by atoms with E-state index in [4.69, 9.17) is 16.3 Å². The van der Waals surface area contributed by atoms with E-state index in [1.807, 2.05) is 41.0 Å². The number of benzene rings is 3. The van der Waals surface area contributed by atoms with Crippen LogP contribution in [0.25, 0.3) is 17.1 Å². The summed E-state index contributed by atoms with van der Waals surface area (Å²) in [5.74, 6) is 0.518. The number of nitrogens with one attached hydrogen (secondary N) is 1. The number of amides is 1. The topological polar surface area (TPSA) is 69.0 Å². The quantitative estimate of drug-likeness (QED) is 0.364. The molecule has 1 N–H and O–H groups in total. The van der Waals surface area contributed by atoms with Crippen molar-refractivity contribution in [3.05, 3.63) is 83.6 Å². The van der Waals surface area contributed by atoms with Crippen molar-refractivity contribution in [2.45, 2.75) is 5.16 Å². The van der Waals surface area contributed by atoms with Gasteiger partial charge in [0, 0.05) is 11.3 Å². The first kappa shape index (κ1) is 21.9. The molecule has 0 saturated heterocycles. The lowest BCUT2D eigenvalue weighted by Gasteiger charge is -2.12. The summed E-state index contributed by atoms with van der Waals surface area (Å²) in [7, 11) is 1.55. The van der Waals surface area contributed by atoms with Crippen molar-refractivity contribution >= 4 is 35.0 Å². The van der Waals surface area contributed by atoms with Crippen LogP contribution in [0.1, 0.15) is 0 Å². The first-order chi connectivity index (χ1) is 15.5. The first-order valence-corrected chi connectivity index (χ1v) is 10.9. The number of hydrogen-bond acceptors (Lipinski definition) is 5. The zero-order valence-electron chi connectivity index (χ0n) is 17.0. The van der Waals surface area contributed by atoms with Gasteiger partial charge < -0.3 is 10.1 Å². The van der Waals surface area contributed by atoms with E-state index < -0.39 is 5.82 Å². The van der Waals surface area contributed by atoms with Gasteiger partial charge >= 0.3 is 0 Å². The van der Waals surface area contributed by atoms with Crippen LogP contribution in [0.2, 0.25) is 5.02 Å². The highest BCUT2D eigenvalue weighted by Crippen LogP contribution is 2.32. The highest BCUT2D eigenvalue weighted by atomic mass is 35.5. The first-order valence-electron chi connectivity index (χ1n) is 9.58. The Hall–Kier alpha value is -3.36. The average Bonchev–Trinajstić information content (AvgIpc) is 3.22. The molecule has 0 saturated carbocycles. The standard InChI is InChI=1S/C23H18ClFN4O2S/c1-31-20-11-10-18(13-19(20)24)29-22(15-6-3-2-4-7-15)27-28-23(29)32-14-21(30)26-17-9-5-8-16(25)12-17/h2-13H,14H2,1H3,(H,26,30). The summed E-state index contributed by atoms with van der Waals surface area (Å²) in [6.07, 6.45) is 0. The third-order valence-electron chi connectivity index (χ3n) is 4.50. The second-order valence-corrected chi connectivity index (χ2v) is 8.02. The molecule has 1 amide bonds. The van der Waals surface area contributed by atoms with Crippen molar-refractivity contribution in [3.8, 4) is 22.8 Å². The molecule has 1 heterocycles. The molecule has 9 heteroatoms. The smallest absolute Gasteiger partial charge is 0.234 e. The Kier molecular flexibility index (Phi) is 6.72. The van der Waals surface area contributed by atoms with E-state index >= 15 is 0 Å². The maximum Gasteiger partial charge on any atom is 0.234 e. The molecular weight excluding hydrogens is 451 g/mol. The van der Waals surface area contributed by atoms with Crippen LogP contribution in [0.4, 0.5) is 10.1 Å². The molecular formula is C23H18ClFN4O2S. The van der Waals surface area contributed by atoms with Crippen LogP contribution >= 0.6 is 23.4 Å². The summed E-state index contributed by atoms with van der Waals surface area (Å²) >= 11 is 7.56. The molecule has 0 radical (unpaired) electrons. The number of anilines is 1. The van der Waals surface area contributed by atoms with Gasteiger partial charge in [-0.3, -0.25) is 9.36 Å². The van der Waals surface area contributed by atoms with Gasteiger partial charge in [0.05, 0.1) is 23.6 Å². The maximum absolute atomic E-state index is 13.4. The third kappa shape index (κ3) is 4.92. The Balaban J connectivity index is 1.63. The van der Waals surface area contributed by atoms with Crippen molar-refractivity contribution in [2.24, 2.45) is 0 Å². The number of ether oxygens (including phenoxy) is 1. The fourth-order valence-corrected chi connectivity index (χ4v) is 4.06. The number of nitrogens with zero attached hydrogens (tertiary/aromatic N) is 3. The van der Waals surface area contributed by atoms with Crippen LogP contribution in [0.5, 0.6) is 5.75 Å². The predicted molar refractivity (Wildman–Crippen MR) is 124 cm³/mol. The van der Waals surface area contributed by atoms with Gasteiger partial charge in [-0.05, 0) is 36.4 Å². The van der Waals surface area contributed by atoms with Crippen molar-refractivity contribution in [1.29, 1.82) is 0 Å². The zero-order chi connectivity index (χ0) is 22.5. The van der Waals surface area contributed by atoms with Crippen LogP contribution in [0, 0.1) is 5.82 Å². The van der Waals surface area contributed by atoms with E-state index in [-0.39, 0.29) is 11.7 Å². The Morgan fingerprint density at radius 3 is 2.62 bits per heavy atom. The van der Waals surface area contributed by atoms with Gasteiger partial charge in [-0.25, -0.2) is 4.39 Å². The van der Waals surface area contributed by atoms with Crippen molar-refractivity contribution < 1.29 is 13.9 Å². The molecule has 0 bridgehead atoms. The van der Waals surface area contributed by atoms with E-state index in [9.17, 15) is 9.18 Å². The molecule has 4 rings (SSSR count). The molecule has 0 aliphatic rings. The molecule has 0 aliphatic carbocycles. The van der Waals surface area contributed by atoms with Crippen LogP contribution in [0.3, 0.4) is 0 Å². The van der Waals surface area contributed by atoms with E-state index in [0.717, 1.165) is 11.3 Å². The van der Waals surface area contributed by atoms with Crippen LogP contribution in [-0.4, -0.2) is 33.5 Å². The SMILES string of the molecule is COc1ccc(-n2c(SCC(=O)Nc3cccc(F)c3)nnc2-c2ccccc2)cc1Cl. The molecule has 162 valence electrons. The van der Waals surface area contributed by atoms with E-state index in [1.165, 1.54) is 30.0 Å². The summed E-state index contributed by atoms with van der Waals surface area (Å²) in [5, 5.41) is 12.3. The summed E-state index contributed by atoms with van der Waals surface area (Å²) in [6.45, 7) is 0. The predicted octanol–water partition coefficient (Wildman–Crippen LogP) is 5.47. The summed E-state index contributed by atoms with van der Waals surface area (Å²) < 4.78 is 20.4. The zero-order valence-corrected chi connectivity index (χ0v) is 18.5. The minimum atomic E-state index is -0.418. The van der Waals surface area contributed by atoms with Gasteiger partial charge in [-0.2, -0.15) is 0 Å². The number of hydrogen-bond donors (Lipinski definition) is 1. The molecule has 1 aromatic heterocycles. The summed E-state index contributed by atoms with van der Waals surface area (Å²) in [6, 6.07) is 20.7. The molecule has 0 spiro atoms. The number of carbonyl (C=O) groups is 1. The summed E-state index contributed by atoms with van der Waals surface area (Å²) in [4.78, 5) is 12.4. The van der Waals surface area contributed by atoms with Crippen molar-refractivity contribution in [1.82, 2.24) is 14.8 Å². The fraction of sp³-hybridized carbons (Fsp3) is 0.0870. The second kappa shape index (κ2) is 9.84. The number of thioether (sulfide) groups is 1. The largest absolute Gasteiger partial charge is 0.495 e. The minimum Gasteiger partial charge on any atom is -0.495 e. The monoisotopic (exact) mass is 468 g/mol. The average molecular weight is 469 g/mol.